The topological polar surface area (TPSA) is 40.5 Å². The van der Waals surface area contributed by atoms with E-state index in [2.05, 4.69) is 4.90 Å². The SMILES string of the molecule is Cc1ccc(C(=O)O)cc1N1CCCCC1. The first-order valence-electron chi connectivity index (χ1n) is 5.77. The molecule has 86 valence electrons. The number of carboxylic acid groups (broad SMARTS) is 1. The van der Waals surface area contributed by atoms with Crippen LogP contribution in [0.25, 0.3) is 0 Å². The second kappa shape index (κ2) is 4.56. The summed E-state index contributed by atoms with van der Waals surface area (Å²) in [6.07, 6.45) is 3.70. The largest absolute Gasteiger partial charge is 0.478 e. The van der Waals surface area contributed by atoms with Gasteiger partial charge in [0.1, 0.15) is 0 Å². The molecule has 0 aliphatic carbocycles. The Bertz CT molecular complexity index is 395. The predicted molar refractivity (Wildman–Crippen MR) is 64.2 cm³/mol. The van der Waals surface area contributed by atoms with E-state index in [4.69, 9.17) is 5.11 Å². The van der Waals surface area contributed by atoms with Crippen LogP contribution in [0.3, 0.4) is 0 Å². The first-order valence-corrected chi connectivity index (χ1v) is 5.77. The zero-order valence-corrected chi connectivity index (χ0v) is 9.57. The van der Waals surface area contributed by atoms with Gasteiger partial charge in [0.15, 0.2) is 0 Å². The molecule has 1 aromatic carbocycles. The summed E-state index contributed by atoms with van der Waals surface area (Å²) in [5, 5.41) is 8.98. The molecule has 1 N–H and O–H groups in total. The van der Waals surface area contributed by atoms with Gasteiger partial charge in [0, 0.05) is 18.8 Å². The molecule has 0 saturated carbocycles. The Hall–Kier alpha value is -1.51. The Morgan fingerprint density at radius 3 is 2.56 bits per heavy atom. The van der Waals surface area contributed by atoms with Gasteiger partial charge in [-0.15, -0.1) is 0 Å². The molecule has 0 amide bonds. The normalized spacial score (nSPS) is 16.2. The minimum absolute atomic E-state index is 0.381. The van der Waals surface area contributed by atoms with Gasteiger partial charge in [0.25, 0.3) is 0 Å². The van der Waals surface area contributed by atoms with Crippen molar-refractivity contribution in [1.29, 1.82) is 0 Å². The smallest absolute Gasteiger partial charge is 0.335 e. The van der Waals surface area contributed by atoms with Crippen LogP contribution < -0.4 is 4.90 Å². The van der Waals surface area contributed by atoms with Crippen molar-refractivity contribution in [1.82, 2.24) is 0 Å². The Balaban J connectivity index is 2.30. The van der Waals surface area contributed by atoms with Gasteiger partial charge >= 0.3 is 5.97 Å². The summed E-state index contributed by atoms with van der Waals surface area (Å²) in [4.78, 5) is 13.2. The number of carboxylic acids is 1. The fraction of sp³-hybridized carbons (Fsp3) is 0.462. The lowest BCUT2D eigenvalue weighted by molar-refractivity contribution is 0.0697. The molecule has 1 aliphatic rings. The van der Waals surface area contributed by atoms with E-state index in [1.807, 2.05) is 13.0 Å². The Morgan fingerprint density at radius 1 is 1.25 bits per heavy atom. The quantitative estimate of drug-likeness (QED) is 0.831. The monoisotopic (exact) mass is 219 g/mol. The van der Waals surface area contributed by atoms with E-state index >= 15 is 0 Å². The van der Waals surface area contributed by atoms with Crippen LogP contribution in [-0.4, -0.2) is 24.2 Å². The van der Waals surface area contributed by atoms with E-state index in [-0.39, 0.29) is 0 Å². The molecule has 0 aromatic heterocycles. The number of benzene rings is 1. The standard InChI is InChI=1S/C13H17NO2/c1-10-5-6-11(13(15)16)9-12(10)14-7-3-2-4-8-14/h5-6,9H,2-4,7-8H2,1H3,(H,15,16). The molecule has 1 saturated heterocycles. The third kappa shape index (κ3) is 2.18. The first-order chi connectivity index (χ1) is 7.68. The van der Waals surface area contributed by atoms with Crippen LogP contribution in [-0.2, 0) is 0 Å². The van der Waals surface area contributed by atoms with Gasteiger partial charge in [-0.2, -0.15) is 0 Å². The van der Waals surface area contributed by atoms with Gasteiger partial charge in [-0.3, -0.25) is 0 Å². The maximum atomic E-state index is 10.9. The number of aromatic carboxylic acids is 1. The Labute approximate surface area is 95.7 Å². The van der Waals surface area contributed by atoms with E-state index in [0.29, 0.717) is 5.56 Å². The van der Waals surface area contributed by atoms with E-state index in [0.717, 1.165) is 24.3 Å². The highest BCUT2D eigenvalue weighted by Crippen LogP contribution is 2.24. The molecule has 0 unspecified atom stereocenters. The van der Waals surface area contributed by atoms with E-state index < -0.39 is 5.97 Å². The summed E-state index contributed by atoms with van der Waals surface area (Å²) in [5.41, 5.74) is 2.62. The fourth-order valence-corrected chi connectivity index (χ4v) is 2.22. The lowest BCUT2D eigenvalue weighted by Crippen LogP contribution is -2.30. The summed E-state index contributed by atoms with van der Waals surface area (Å²) in [7, 11) is 0. The van der Waals surface area contributed by atoms with Crippen molar-refractivity contribution in [2.75, 3.05) is 18.0 Å². The number of anilines is 1. The van der Waals surface area contributed by atoms with Crippen molar-refractivity contribution in [2.24, 2.45) is 0 Å². The van der Waals surface area contributed by atoms with Gasteiger partial charge in [0.2, 0.25) is 0 Å². The van der Waals surface area contributed by atoms with Crippen LogP contribution in [0.15, 0.2) is 18.2 Å². The van der Waals surface area contributed by atoms with Crippen molar-refractivity contribution in [3.05, 3.63) is 29.3 Å². The molecule has 1 aliphatic heterocycles. The number of hydrogen-bond acceptors (Lipinski definition) is 2. The van der Waals surface area contributed by atoms with Crippen molar-refractivity contribution >= 4 is 11.7 Å². The van der Waals surface area contributed by atoms with Gasteiger partial charge in [-0.1, -0.05) is 6.07 Å². The molecule has 3 nitrogen and oxygen atoms in total. The summed E-state index contributed by atoms with van der Waals surface area (Å²) in [6, 6.07) is 5.36. The third-order valence-electron chi connectivity index (χ3n) is 3.15. The molecule has 0 radical (unpaired) electrons. The van der Waals surface area contributed by atoms with Crippen molar-refractivity contribution in [2.45, 2.75) is 26.2 Å². The first kappa shape index (κ1) is 11.0. The Morgan fingerprint density at radius 2 is 1.94 bits per heavy atom. The number of hydrogen-bond donors (Lipinski definition) is 1. The zero-order valence-electron chi connectivity index (χ0n) is 9.57. The number of rotatable bonds is 2. The predicted octanol–water partition coefficient (Wildman–Crippen LogP) is 2.68. The third-order valence-corrected chi connectivity index (χ3v) is 3.15. The van der Waals surface area contributed by atoms with Gasteiger partial charge in [0.05, 0.1) is 5.56 Å². The van der Waals surface area contributed by atoms with Crippen molar-refractivity contribution in [3.63, 3.8) is 0 Å². The minimum atomic E-state index is -0.849. The summed E-state index contributed by atoms with van der Waals surface area (Å²) in [6.45, 7) is 4.13. The van der Waals surface area contributed by atoms with Crippen molar-refractivity contribution in [3.8, 4) is 0 Å². The average molecular weight is 219 g/mol. The number of nitrogens with zero attached hydrogens (tertiary/aromatic N) is 1. The second-order valence-electron chi connectivity index (χ2n) is 4.35. The second-order valence-corrected chi connectivity index (χ2v) is 4.35. The molecule has 0 spiro atoms. The van der Waals surface area contributed by atoms with Gasteiger partial charge < -0.3 is 10.0 Å². The minimum Gasteiger partial charge on any atom is -0.478 e. The number of carbonyl (C=O) groups is 1. The van der Waals surface area contributed by atoms with Crippen LogP contribution in [0, 0.1) is 6.92 Å². The fourth-order valence-electron chi connectivity index (χ4n) is 2.22. The molecule has 0 atom stereocenters. The maximum Gasteiger partial charge on any atom is 0.335 e. The van der Waals surface area contributed by atoms with Crippen LogP contribution in [0.5, 0.6) is 0 Å². The van der Waals surface area contributed by atoms with E-state index in [1.165, 1.54) is 19.3 Å². The summed E-state index contributed by atoms with van der Waals surface area (Å²) in [5.74, 6) is -0.849. The summed E-state index contributed by atoms with van der Waals surface area (Å²) >= 11 is 0. The van der Waals surface area contributed by atoms with Crippen LogP contribution in [0.2, 0.25) is 0 Å². The molecule has 16 heavy (non-hydrogen) atoms. The molecule has 2 rings (SSSR count). The van der Waals surface area contributed by atoms with Gasteiger partial charge in [-0.25, -0.2) is 4.79 Å². The highest BCUT2D eigenvalue weighted by molar-refractivity contribution is 5.89. The van der Waals surface area contributed by atoms with Crippen LogP contribution in [0.1, 0.15) is 35.2 Å². The molecular formula is C13H17NO2. The molecular weight excluding hydrogens is 202 g/mol. The maximum absolute atomic E-state index is 10.9. The van der Waals surface area contributed by atoms with Crippen molar-refractivity contribution < 1.29 is 9.90 Å². The van der Waals surface area contributed by atoms with Gasteiger partial charge in [-0.05, 0) is 43.9 Å². The molecule has 1 fully saturated rings. The van der Waals surface area contributed by atoms with Crippen LogP contribution in [0.4, 0.5) is 5.69 Å². The molecule has 1 aromatic rings. The highest BCUT2D eigenvalue weighted by atomic mass is 16.4. The van der Waals surface area contributed by atoms with E-state index in [1.54, 1.807) is 12.1 Å². The lowest BCUT2D eigenvalue weighted by Gasteiger charge is -2.30. The van der Waals surface area contributed by atoms with E-state index in [9.17, 15) is 4.79 Å². The molecule has 1 heterocycles. The Kier molecular flexibility index (Phi) is 3.13. The highest BCUT2D eigenvalue weighted by Gasteiger charge is 2.14. The average Bonchev–Trinajstić information content (AvgIpc) is 2.30. The number of piperidine rings is 1. The van der Waals surface area contributed by atoms with Crippen LogP contribution >= 0.6 is 0 Å². The molecule has 0 bridgehead atoms. The molecule has 3 heteroatoms. The zero-order chi connectivity index (χ0) is 11.5. The summed E-state index contributed by atoms with van der Waals surface area (Å²) < 4.78 is 0. The number of aryl methyl sites for hydroxylation is 1. The lowest BCUT2D eigenvalue weighted by atomic mass is 10.1.